The van der Waals surface area contributed by atoms with Gasteiger partial charge in [-0.3, -0.25) is 9.59 Å². The fourth-order valence-electron chi connectivity index (χ4n) is 5.70. The Balaban J connectivity index is 1.45. The lowest BCUT2D eigenvalue weighted by Gasteiger charge is -2.34. The van der Waals surface area contributed by atoms with Crippen LogP contribution in [0.2, 0.25) is 0 Å². The maximum atomic E-state index is 13.3. The van der Waals surface area contributed by atoms with Crippen molar-refractivity contribution in [3.8, 4) is 0 Å². The third-order valence-corrected chi connectivity index (χ3v) is 7.47. The van der Waals surface area contributed by atoms with Gasteiger partial charge in [0.1, 0.15) is 6.54 Å². The molecule has 2 aliphatic heterocycles. The molecule has 28 heavy (non-hydrogen) atoms. The predicted octanol–water partition coefficient (Wildman–Crippen LogP) is 3.39. The van der Waals surface area contributed by atoms with E-state index in [2.05, 4.69) is 11.8 Å². The van der Waals surface area contributed by atoms with Crippen molar-refractivity contribution in [2.75, 3.05) is 6.61 Å². The lowest BCUT2D eigenvalue weighted by molar-refractivity contribution is -0.134. The van der Waals surface area contributed by atoms with Crippen molar-refractivity contribution >= 4 is 22.6 Å². The van der Waals surface area contributed by atoms with Crippen LogP contribution >= 0.6 is 0 Å². The van der Waals surface area contributed by atoms with E-state index in [9.17, 15) is 14.7 Å². The van der Waals surface area contributed by atoms with Gasteiger partial charge in [-0.05, 0) is 44.6 Å². The van der Waals surface area contributed by atoms with Gasteiger partial charge in [0.25, 0.3) is 0 Å². The highest BCUT2D eigenvalue weighted by Crippen LogP contribution is 2.51. The minimum Gasteiger partial charge on any atom is -0.396 e. The van der Waals surface area contributed by atoms with Crippen LogP contribution in [0.3, 0.4) is 0 Å². The van der Waals surface area contributed by atoms with Gasteiger partial charge in [-0.2, -0.15) is 0 Å². The van der Waals surface area contributed by atoms with Gasteiger partial charge in [-0.1, -0.05) is 25.1 Å². The maximum Gasteiger partial charge on any atom is 0.243 e. The summed E-state index contributed by atoms with van der Waals surface area (Å²) in [6, 6.07) is 8.29. The van der Waals surface area contributed by atoms with Gasteiger partial charge >= 0.3 is 0 Å². The topological polar surface area (TPSA) is 62.5 Å². The summed E-state index contributed by atoms with van der Waals surface area (Å²) in [7, 11) is 0. The minimum absolute atomic E-state index is 0.113. The summed E-state index contributed by atoms with van der Waals surface area (Å²) in [6.07, 6.45) is 7.69. The van der Waals surface area contributed by atoms with Crippen LogP contribution in [0.5, 0.6) is 0 Å². The molecule has 1 aromatic heterocycles. The van der Waals surface area contributed by atoms with Crippen LogP contribution in [-0.2, 0) is 11.3 Å². The molecular formula is C23H28N2O3. The van der Waals surface area contributed by atoms with Gasteiger partial charge in [-0.25, -0.2) is 0 Å². The quantitative estimate of drug-likeness (QED) is 0.782. The molecule has 1 saturated carbocycles. The zero-order valence-electron chi connectivity index (χ0n) is 16.4. The predicted molar refractivity (Wildman–Crippen MR) is 107 cm³/mol. The van der Waals surface area contributed by atoms with Crippen molar-refractivity contribution in [3.63, 3.8) is 0 Å². The van der Waals surface area contributed by atoms with Gasteiger partial charge in [0.2, 0.25) is 5.91 Å². The number of rotatable bonds is 6. The van der Waals surface area contributed by atoms with Crippen LogP contribution in [0.25, 0.3) is 10.9 Å². The Morgan fingerprint density at radius 1 is 1.18 bits per heavy atom. The number of para-hydroxylation sites is 1. The van der Waals surface area contributed by atoms with E-state index in [1.54, 1.807) is 0 Å². The van der Waals surface area contributed by atoms with Crippen LogP contribution in [0, 0.1) is 11.3 Å². The number of aliphatic hydroxyl groups is 1. The number of ketones is 1. The van der Waals surface area contributed by atoms with Crippen LogP contribution < -0.4 is 0 Å². The van der Waals surface area contributed by atoms with Gasteiger partial charge < -0.3 is 14.6 Å². The number of aromatic nitrogens is 1. The van der Waals surface area contributed by atoms with Gasteiger partial charge in [0.05, 0.1) is 6.61 Å². The number of nitrogens with zero attached hydrogens (tertiary/aromatic N) is 2. The van der Waals surface area contributed by atoms with Gasteiger partial charge in [0, 0.05) is 46.1 Å². The lowest BCUT2D eigenvalue weighted by atomic mass is 9.72. The Kier molecular flexibility index (Phi) is 4.13. The summed E-state index contributed by atoms with van der Waals surface area (Å²) in [5.74, 6) is 0.496. The third-order valence-electron chi connectivity index (χ3n) is 7.47. The zero-order valence-corrected chi connectivity index (χ0v) is 16.4. The second-order valence-corrected chi connectivity index (χ2v) is 8.95. The number of carbonyl (C=O) groups excluding carboxylic acids is 2. The molecule has 5 heteroatoms. The fraction of sp³-hybridized carbons (Fsp3) is 0.565. The van der Waals surface area contributed by atoms with Crippen LogP contribution in [-0.4, -0.2) is 45.0 Å². The largest absolute Gasteiger partial charge is 0.396 e. The van der Waals surface area contributed by atoms with Crippen molar-refractivity contribution in [2.45, 2.75) is 64.1 Å². The number of hydrogen-bond acceptors (Lipinski definition) is 3. The first-order chi connectivity index (χ1) is 13.6. The molecule has 3 fully saturated rings. The molecule has 0 spiro atoms. The number of Topliss-reactive ketones (excluding diaryl/α,β-unsaturated/α-hetero) is 1. The normalized spacial score (nSPS) is 29.0. The van der Waals surface area contributed by atoms with Crippen LogP contribution in [0.1, 0.15) is 55.8 Å². The summed E-state index contributed by atoms with van der Waals surface area (Å²) in [6.45, 7) is 2.53. The SMILES string of the molecule is CC[C@@]1(CO)C[C@@H]2CC[C@H]1N2C(=O)Cn1cc(C(=O)C2CC2)c2ccccc21. The average Bonchev–Trinajstić information content (AvgIpc) is 3.30. The molecule has 2 bridgehead atoms. The lowest BCUT2D eigenvalue weighted by Crippen LogP contribution is -2.43. The molecule has 5 rings (SSSR count). The highest BCUT2D eigenvalue weighted by Gasteiger charge is 2.56. The van der Waals surface area contributed by atoms with E-state index in [1.807, 2.05) is 35.0 Å². The Labute approximate surface area is 165 Å². The molecule has 1 N–H and O–H groups in total. The molecule has 2 aromatic rings. The highest BCUT2D eigenvalue weighted by molar-refractivity contribution is 6.10. The number of carbonyl (C=O) groups is 2. The van der Waals surface area contributed by atoms with Gasteiger partial charge in [0.15, 0.2) is 5.78 Å². The molecular weight excluding hydrogens is 352 g/mol. The van der Waals surface area contributed by atoms with Crippen molar-refractivity contribution in [1.82, 2.24) is 9.47 Å². The number of amides is 1. The Hall–Kier alpha value is -2.14. The summed E-state index contributed by atoms with van der Waals surface area (Å²) in [5, 5.41) is 11.0. The van der Waals surface area contributed by atoms with E-state index in [1.165, 1.54) is 0 Å². The zero-order chi connectivity index (χ0) is 19.5. The molecule has 1 amide bonds. The van der Waals surface area contributed by atoms with Gasteiger partial charge in [-0.15, -0.1) is 0 Å². The van der Waals surface area contributed by atoms with E-state index in [-0.39, 0.29) is 48.3 Å². The summed E-state index contributed by atoms with van der Waals surface area (Å²) >= 11 is 0. The standard InChI is InChI=1S/C23H28N2O3/c1-2-23(14-26)11-16-9-10-20(23)25(16)21(27)13-24-12-18(22(28)15-7-8-15)17-5-3-4-6-19(17)24/h3-6,12,15-16,20,26H,2,7-11,13-14H2,1H3/t16-,20+,23-/m0/s1. The van der Waals surface area contributed by atoms with Crippen LogP contribution in [0.15, 0.2) is 30.5 Å². The maximum absolute atomic E-state index is 13.3. The first-order valence-corrected chi connectivity index (χ1v) is 10.6. The monoisotopic (exact) mass is 380 g/mol. The van der Waals surface area contributed by atoms with E-state index in [0.29, 0.717) is 0 Å². The second kappa shape index (κ2) is 6.45. The van der Waals surface area contributed by atoms with Crippen molar-refractivity contribution in [1.29, 1.82) is 0 Å². The Morgan fingerprint density at radius 3 is 2.64 bits per heavy atom. The van der Waals surface area contributed by atoms with E-state index < -0.39 is 0 Å². The number of hydrogen-bond donors (Lipinski definition) is 1. The number of benzene rings is 1. The molecule has 3 heterocycles. The van der Waals surface area contributed by atoms with E-state index in [4.69, 9.17) is 0 Å². The molecule has 1 aromatic carbocycles. The summed E-state index contributed by atoms with van der Waals surface area (Å²) < 4.78 is 1.96. The Bertz CT molecular complexity index is 938. The first-order valence-electron chi connectivity index (χ1n) is 10.6. The molecule has 3 atom stereocenters. The van der Waals surface area contributed by atoms with Crippen molar-refractivity contribution in [2.24, 2.45) is 11.3 Å². The molecule has 0 radical (unpaired) electrons. The van der Waals surface area contributed by atoms with Crippen molar-refractivity contribution in [3.05, 3.63) is 36.0 Å². The molecule has 0 unspecified atom stereocenters. The molecule has 2 saturated heterocycles. The number of fused-ring (bicyclic) bond motifs is 3. The first kappa shape index (κ1) is 17.9. The minimum atomic E-state index is -0.134. The molecule has 148 valence electrons. The number of aliphatic hydroxyl groups excluding tert-OH is 1. The van der Waals surface area contributed by atoms with E-state index in [0.717, 1.165) is 55.0 Å². The molecule has 3 aliphatic rings. The summed E-state index contributed by atoms with van der Waals surface area (Å²) in [4.78, 5) is 28.1. The third kappa shape index (κ3) is 2.55. The fourth-order valence-corrected chi connectivity index (χ4v) is 5.70. The van der Waals surface area contributed by atoms with Crippen LogP contribution in [0.4, 0.5) is 0 Å². The van der Waals surface area contributed by atoms with E-state index >= 15 is 0 Å². The molecule has 1 aliphatic carbocycles. The second-order valence-electron chi connectivity index (χ2n) is 8.95. The Morgan fingerprint density at radius 2 is 1.96 bits per heavy atom. The average molecular weight is 380 g/mol. The smallest absolute Gasteiger partial charge is 0.243 e. The summed E-state index contributed by atoms with van der Waals surface area (Å²) in [5.41, 5.74) is 1.58. The van der Waals surface area contributed by atoms with Crippen molar-refractivity contribution < 1.29 is 14.7 Å². The highest BCUT2D eigenvalue weighted by atomic mass is 16.3. The molecule has 5 nitrogen and oxygen atoms in total.